The van der Waals surface area contributed by atoms with Gasteiger partial charge >= 0.3 is 5.97 Å². The van der Waals surface area contributed by atoms with Crippen molar-refractivity contribution in [1.29, 1.82) is 0 Å². The number of esters is 1. The fourth-order valence-electron chi connectivity index (χ4n) is 1.17. The summed E-state index contributed by atoms with van der Waals surface area (Å²) in [6.07, 6.45) is 1.74. The molecule has 5 heteroatoms. The predicted molar refractivity (Wildman–Crippen MR) is 61.2 cm³/mol. The Hall–Kier alpha value is -1.10. The molecule has 4 nitrogen and oxygen atoms in total. The highest BCUT2D eigenvalue weighted by Gasteiger charge is 2.17. The lowest BCUT2D eigenvalue weighted by Crippen LogP contribution is -2.36. The molecule has 0 fully saturated rings. The molecule has 0 aliphatic carbocycles. The normalized spacial score (nSPS) is 10.4. The molecule has 0 atom stereocenters. The first kappa shape index (κ1) is 12.0. The van der Waals surface area contributed by atoms with Crippen molar-refractivity contribution in [1.82, 2.24) is 4.98 Å². The second-order valence-electron chi connectivity index (χ2n) is 3.34. The van der Waals surface area contributed by atoms with Gasteiger partial charge < -0.3 is 9.64 Å². The lowest BCUT2D eigenvalue weighted by Gasteiger charge is -2.24. The van der Waals surface area contributed by atoms with Gasteiger partial charge in [-0.05, 0) is 20.8 Å². The maximum Gasteiger partial charge on any atom is 0.325 e. The fraction of sp³-hybridized carbons (Fsp3) is 0.600. The molecule has 0 bridgehead atoms. The van der Waals surface area contributed by atoms with E-state index in [0.717, 1.165) is 5.13 Å². The number of hydrogen-bond acceptors (Lipinski definition) is 5. The van der Waals surface area contributed by atoms with E-state index < -0.39 is 0 Å². The zero-order valence-electron chi connectivity index (χ0n) is 9.27. The van der Waals surface area contributed by atoms with Gasteiger partial charge in [0.05, 0.1) is 6.61 Å². The van der Waals surface area contributed by atoms with Crippen LogP contribution in [0.5, 0.6) is 0 Å². The van der Waals surface area contributed by atoms with E-state index >= 15 is 0 Å². The first-order valence-electron chi connectivity index (χ1n) is 4.97. The molecular weight excluding hydrogens is 212 g/mol. The number of carbonyl (C=O) groups is 1. The van der Waals surface area contributed by atoms with Crippen molar-refractivity contribution in [3.05, 3.63) is 11.6 Å². The molecule has 1 rings (SSSR count). The van der Waals surface area contributed by atoms with E-state index in [-0.39, 0.29) is 18.6 Å². The number of anilines is 1. The van der Waals surface area contributed by atoms with Gasteiger partial charge in [-0.2, -0.15) is 0 Å². The lowest BCUT2D eigenvalue weighted by molar-refractivity contribution is -0.141. The average Bonchev–Trinajstić information content (AvgIpc) is 2.66. The topological polar surface area (TPSA) is 42.4 Å². The van der Waals surface area contributed by atoms with Crippen LogP contribution in [0.1, 0.15) is 20.8 Å². The summed E-state index contributed by atoms with van der Waals surface area (Å²) >= 11 is 1.53. The van der Waals surface area contributed by atoms with Crippen LogP contribution in [0, 0.1) is 0 Å². The van der Waals surface area contributed by atoms with Gasteiger partial charge in [0.2, 0.25) is 0 Å². The molecule has 0 saturated carbocycles. The molecule has 0 aliphatic heterocycles. The van der Waals surface area contributed by atoms with Gasteiger partial charge in [-0.15, -0.1) is 11.3 Å². The highest BCUT2D eigenvalue weighted by Crippen LogP contribution is 2.19. The fourth-order valence-corrected chi connectivity index (χ4v) is 1.95. The van der Waals surface area contributed by atoms with E-state index in [0.29, 0.717) is 6.61 Å². The van der Waals surface area contributed by atoms with Crippen LogP contribution in [-0.4, -0.2) is 30.1 Å². The number of hydrogen-bond donors (Lipinski definition) is 0. The third-order valence-corrected chi connectivity index (χ3v) is 2.70. The maximum atomic E-state index is 11.4. The largest absolute Gasteiger partial charge is 0.465 e. The molecule has 0 radical (unpaired) electrons. The predicted octanol–water partition coefficient (Wildman–Crippen LogP) is 1.92. The zero-order chi connectivity index (χ0) is 11.3. The average molecular weight is 228 g/mol. The molecule has 0 aromatic carbocycles. The molecule has 15 heavy (non-hydrogen) atoms. The molecule has 0 spiro atoms. The van der Waals surface area contributed by atoms with E-state index in [1.54, 1.807) is 13.1 Å². The number of thiazole rings is 1. The minimum absolute atomic E-state index is 0.207. The Morgan fingerprint density at radius 3 is 2.87 bits per heavy atom. The van der Waals surface area contributed by atoms with Crippen LogP contribution >= 0.6 is 11.3 Å². The smallest absolute Gasteiger partial charge is 0.325 e. The van der Waals surface area contributed by atoms with Crippen LogP contribution in [0.15, 0.2) is 11.6 Å². The summed E-state index contributed by atoms with van der Waals surface area (Å²) in [6.45, 7) is 6.55. The lowest BCUT2D eigenvalue weighted by atomic mass is 10.3. The second-order valence-corrected chi connectivity index (χ2v) is 4.21. The van der Waals surface area contributed by atoms with Gasteiger partial charge in [-0.1, -0.05) is 0 Å². The molecule has 0 saturated heterocycles. The van der Waals surface area contributed by atoms with Crippen molar-refractivity contribution in [2.24, 2.45) is 0 Å². The molecule has 0 amide bonds. The Kier molecular flexibility index (Phi) is 4.55. The number of aromatic nitrogens is 1. The summed E-state index contributed by atoms with van der Waals surface area (Å²) in [4.78, 5) is 17.5. The summed E-state index contributed by atoms with van der Waals surface area (Å²) in [5, 5.41) is 2.76. The molecule has 0 unspecified atom stereocenters. The summed E-state index contributed by atoms with van der Waals surface area (Å²) in [6, 6.07) is 0.237. The van der Waals surface area contributed by atoms with Crippen LogP contribution in [0.25, 0.3) is 0 Å². The van der Waals surface area contributed by atoms with Gasteiger partial charge in [-0.3, -0.25) is 4.79 Å². The van der Waals surface area contributed by atoms with E-state index in [1.165, 1.54) is 11.3 Å². The van der Waals surface area contributed by atoms with E-state index in [2.05, 4.69) is 4.98 Å². The van der Waals surface area contributed by atoms with Crippen LogP contribution < -0.4 is 4.90 Å². The molecule has 0 aliphatic rings. The standard InChI is InChI=1S/C10H16N2O2S/c1-4-14-9(13)7-12(8(2)3)10-11-5-6-15-10/h5-6,8H,4,7H2,1-3H3. The molecule has 1 aromatic heterocycles. The van der Waals surface area contributed by atoms with Crippen molar-refractivity contribution in [3.8, 4) is 0 Å². The maximum absolute atomic E-state index is 11.4. The summed E-state index contributed by atoms with van der Waals surface area (Å²) < 4.78 is 4.92. The SMILES string of the molecule is CCOC(=O)CN(c1nccs1)C(C)C. The second kappa shape index (κ2) is 5.70. The summed E-state index contributed by atoms with van der Waals surface area (Å²) in [5.41, 5.74) is 0. The van der Waals surface area contributed by atoms with E-state index in [9.17, 15) is 4.79 Å². The number of carbonyl (C=O) groups excluding carboxylic acids is 1. The monoisotopic (exact) mass is 228 g/mol. The Morgan fingerprint density at radius 1 is 1.67 bits per heavy atom. The third kappa shape index (κ3) is 3.51. The van der Waals surface area contributed by atoms with Gasteiger partial charge in [0, 0.05) is 17.6 Å². The quantitative estimate of drug-likeness (QED) is 0.722. The Bertz CT molecular complexity index is 298. The van der Waals surface area contributed by atoms with E-state index in [1.807, 2.05) is 24.1 Å². The first-order valence-corrected chi connectivity index (χ1v) is 5.84. The Labute approximate surface area is 93.9 Å². The van der Waals surface area contributed by atoms with Crippen LogP contribution in [0.3, 0.4) is 0 Å². The first-order chi connectivity index (χ1) is 7.15. The molecular formula is C10H16N2O2S. The van der Waals surface area contributed by atoms with Crippen LogP contribution in [0.2, 0.25) is 0 Å². The van der Waals surface area contributed by atoms with Crippen LogP contribution in [0.4, 0.5) is 5.13 Å². The van der Waals surface area contributed by atoms with Crippen molar-refractivity contribution in [3.63, 3.8) is 0 Å². The Balaban J connectivity index is 2.64. The van der Waals surface area contributed by atoms with E-state index in [4.69, 9.17) is 4.74 Å². The molecule has 0 N–H and O–H groups in total. The van der Waals surface area contributed by atoms with Crippen molar-refractivity contribution in [2.75, 3.05) is 18.1 Å². The highest BCUT2D eigenvalue weighted by molar-refractivity contribution is 7.13. The molecule has 84 valence electrons. The van der Waals surface area contributed by atoms with Crippen molar-refractivity contribution >= 4 is 22.4 Å². The van der Waals surface area contributed by atoms with Crippen molar-refractivity contribution < 1.29 is 9.53 Å². The summed E-state index contributed by atoms with van der Waals surface area (Å²) in [5.74, 6) is -0.207. The third-order valence-electron chi connectivity index (χ3n) is 1.89. The highest BCUT2D eigenvalue weighted by atomic mass is 32.1. The number of ether oxygens (including phenoxy) is 1. The minimum Gasteiger partial charge on any atom is -0.465 e. The minimum atomic E-state index is -0.207. The van der Waals surface area contributed by atoms with Crippen molar-refractivity contribution in [2.45, 2.75) is 26.8 Å². The van der Waals surface area contributed by atoms with Gasteiger partial charge in [0.15, 0.2) is 5.13 Å². The van der Waals surface area contributed by atoms with Crippen LogP contribution in [-0.2, 0) is 9.53 Å². The summed E-state index contributed by atoms with van der Waals surface area (Å²) in [7, 11) is 0. The number of nitrogens with zero attached hydrogens (tertiary/aromatic N) is 2. The number of rotatable bonds is 5. The molecule has 1 aromatic rings. The van der Waals surface area contributed by atoms with Gasteiger partial charge in [0.25, 0.3) is 0 Å². The zero-order valence-corrected chi connectivity index (χ0v) is 10.1. The van der Waals surface area contributed by atoms with Gasteiger partial charge in [-0.25, -0.2) is 4.98 Å². The van der Waals surface area contributed by atoms with Gasteiger partial charge in [0.1, 0.15) is 6.54 Å². The Morgan fingerprint density at radius 2 is 2.40 bits per heavy atom. The molecule has 1 heterocycles.